The molecule has 2 aromatic heterocycles. The summed E-state index contributed by atoms with van der Waals surface area (Å²) in [6.07, 6.45) is 7.00. The van der Waals surface area contributed by atoms with E-state index in [4.69, 9.17) is 9.72 Å². The second kappa shape index (κ2) is 9.63. The lowest BCUT2D eigenvalue weighted by Crippen LogP contribution is -2.41. The highest BCUT2D eigenvalue weighted by Crippen LogP contribution is 2.65. The zero-order valence-corrected chi connectivity index (χ0v) is 24.4. The quantitative estimate of drug-likeness (QED) is 0.265. The Labute approximate surface area is 225 Å². The maximum Gasteiger partial charge on any atom is 0.333 e. The first-order valence-electron chi connectivity index (χ1n) is 14.6. The van der Waals surface area contributed by atoms with Gasteiger partial charge in [-0.05, 0) is 67.9 Å². The number of imidazole rings is 1. The van der Waals surface area contributed by atoms with Gasteiger partial charge in [-0.15, -0.1) is 0 Å². The van der Waals surface area contributed by atoms with Gasteiger partial charge in [-0.25, -0.2) is 9.78 Å². The third kappa shape index (κ3) is 4.33. The monoisotopic (exact) mass is 534 g/mol. The van der Waals surface area contributed by atoms with Crippen molar-refractivity contribution in [2.24, 2.45) is 17.8 Å². The summed E-state index contributed by atoms with van der Waals surface area (Å²) in [4.78, 5) is 33.1. The summed E-state index contributed by atoms with van der Waals surface area (Å²) < 4.78 is 11.6. The van der Waals surface area contributed by atoms with Gasteiger partial charge in [0.1, 0.15) is 12.6 Å². The van der Waals surface area contributed by atoms with E-state index >= 15 is 0 Å². The van der Waals surface area contributed by atoms with E-state index in [1.54, 1.807) is 4.57 Å². The zero-order chi connectivity index (χ0) is 26.7. The molecule has 4 fully saturated rings. The van der Waals surface area contributed by atoms with Gasteiger partial charge in [-0.1, -0.05) is 56.9 Å². The summed E-state index contributed by atoms with van der Waals surface area (Å²) in [6.45, 7) is 10.9. The van der Waals surface area contributed by atoms with Gasteiger partial charge < -0.3 is 4.74 Å². The van der Waals surface area contributed by atoms with Gasteiger partial charge in [0.25, 0.3) is 5.56 Å². The fourth-order valence-electron chi connectivity index (χ4n) is 7.82. The van der Waals surface area contributed by atoms with Crippen LogP contribution >= 0.6 is 0 Å². The van der Waals surface area contributed by atoms with Crippen molar-refractivity contribution in [3.05, 3.63) is 62.6 Å². The van der Waals surface area contributed by atoms with Gasteiger partial charge in [0, 0.05) is 26.6 Å². The molecule has 2 heterocycles. The van der Waals surface area contributed by atoms with Gasteiger partial charge in [0.2, 0.25) is 0 Å². The zero-order valence-electron chi connectivity index (χ0n) is 23.4. The average molecular weight is 535 g/mol. The number of nitrogens with zero attached hydrogens (tertiary/aromatic N) is 4. The van der Waals surface area contributed by atoms with E-state index in [0.717, 1.165) is 48.5 Å². The number of fused-ring (bicyclic) bond motifs is 1. The number of rotatable bonds is 10. The molecule has 0 saturated heterocycles. The molecule has 0 aliphatic heterocycles. The number of aryl methyl sites for hydroxylation is 1. The molecule has 4 aliphatic carbocycles. The predicted molar refractivity (Wildman–Crippen MR) is 153 cm³/mol. The fourth-order valence-corrected chi connectivity index (χ4v) is 8.58. The molecule has 8 heteroatoms. The Kier molecular flexibility index (Phi) is 6.54. The fraction of sp³-hybridized carbons (Fsp3) is 0.633. The maximum atomic E-state index is 14.2. The number of ether oxygens (including phenoxy) is 1. The molecule has 3 aromatic rings. The van der Waals surface area contributed by atoms with E-state index in [0.29, 0.717) is 37.0 Å². The first-order valence-corrected chi connectivity index (χ1v) is 18.3. The normalized spacial score (nSPS) is 26.2. The van der Waals surface area contributed by atoms with E-state index in [2.05, 4.69) is 31.1 Å². The Morgan fingerprint density at radius 3 is 2.37 bits per heavy atom. The van der Waals surface area contributed by atoms with Crippen LogP contribution in [0.1, 0.15) is 56.8 Å². The lowest BCUT2D eigenvalue weighted by Gasteiger charge is -2.32. The van der Waals surface area contributed by atoms with Crippen LogP contribution in [0.4, 0.5) is 0 Å². The highest BCUT2D eigenvalue weighted by atomic mass is 28.3. The number of hydrogen-bond donors (Lipinski definition) is 0. The van der Waals surface area contributed by atoms with Crippen molar-refractivity contribution < 1.29 is 4.74 Å². The Bertz CT molecular complexity index is 1430. The van der Waals surface area contributed by atoms with Gasteiger partial charge in [-0.2, -0.15) is 0 Å². The van der Waals surface area contributed by atoms with Crippen molar-refractivity contribution in [1.29, 1.82) is 0 Å². The molecule has 0 radical (unpaired) electrons. The van der Waals surface area contributed by atoms with E-state index in [9.17, 15) is 9.59 Å². The minimum atomic E-state index is -1.25. The summed E-state index contributed by atoms with van der Waals surface area (Å²) in [6, 6.07) is 10.9. The van der Waals surface area contributed by atoms with Crippen LogP contribution in [0.15, 0.2) is 39.9 Å². The van der Waals surface area contributed by atoms with Gasteiger partial charge in [0.15, 0.2) is 11.2 Å². The van der Waals surface area contributed by atoms with Crippen LogP contribution in [0, 0.1) is 17.8 Å². The molecule has 0 amide bonds. The van der Waals surface area contributed by atoms with Crippen LogP contribution in [0.2, 0.25) is 25.7 Å². The SMILES string of the molecule is CCCn1c(=O)n(Cc2ccccc2)c(=O)c2c1nc(C13CC4CC(CC1C4)C3)n2COCC[Si](C)(C)C. The van der Waals surface area contributed by atoms with Crippen LogP contribution < -0.4 is 11.2 Å². The number of hydrogen-bond acceptors (Lipinski definition) is 4. The largest absolute Gasteiger partial charge is 0.361 e. The van der Waals surface area contributed by atoms with Crippen molar-refractivity contribution in [3.63, 3.8) is 0 Å². The summed E-state index contributed by atoms with van der Waals surface area (Å²) in [7, 11) is -1.25. The molecule has 204 valence electrons. The van der Waals surface area contributed by atoms with Gasteiger partial charge in [0.05, 0.1) is 6.54 Å². The van der Waals surface area contributed by atoms with Crippen molar-refractivity contribution in [2.75, 3.05) is 6.61 Å². The van der Waals surface area contributed by atoms with Crippen molar-refractivity contribution in [1.82, 2.24) is 18.7 Å². The van der Waals surface area contributed by atoms with E-state index in [1.807, 2.05) is 30.3 Å². The first kappa shape index (κ1) is 25.8. The molecule has 4 saturated carbocycles. The predicted octanol–water partition coefficient (Wildman–Crippen LogP) is 5.21. The molecule has 7 nitrogen and oxygen atoms in total. The summed E-state index contributed by atoms with van der Waals surface area (Å²) in [5.41, 5.74) is 1.53. The topological polar surface area (TPSA) is 71.0 Å². The number of aromatic nitrogens is 4. The maximum absolute atomic E-state index is 14.2. The minimum absolute atomic E-state index is 0.0124. The average Bonchev–Trinajstić information content (AvgIpc) is 3.46. The van der Waals surface area contributed by atoms with Crippen molar-refractivity contribution >= 4 is 19.2 Å². The van der Waals surface area contributed by atoms with E-state index < -0.39 is 8.07 Å². The van der Waals surface area contributed by atoms with E-state index in [1.165, 1.54) is 23.8 Å². The standard InChI is InChI=1S/C30H42N4O3Si/c1-5-11-32-26-25(27(35)33(29(32)36)19-21-9-7-6-8-10-21)34(20-37-12-13-38(2,3)4)28(31-26)30-17-22-14-23(18-30)16-24(30)15-22/h6-10,22-24H,5,11-20H2,1-4H3. The molecule has 2 unspecified atom stereocenters. The second-order valence-corrected chi connectivity index (χ2v) is 19.0. The van der Waals surface area contributed by atoms with Gasteiger partial charge in [-0.3, -0.25) is 18.5 Å². The van der Waals surface area contributed by atoms with Crippen LogP contribution in [0.3, 0.4) is 0 Å². The Balaban J connectivity index is 1.52. The molecule has 4 aliphatic rings. The Morgan fingerprint density at radius 2 is 1.71 bits per heavy atom. The third-order valence-electron chi connectivity index (χ3n) is 9.40. The van der Waals surface area contributed by atoms with Crippen LogP contribution in [0.25, 0.3) is 11.2 Å². The minimum Gasteiger partial charge on any atom is -0.361 e. The molecular weight excluding hydrogens is 492 g/mol. The van der Waals surface area contributed by atoms with Crippen LogP contribution in [-0.4, -0.2) is 33.4 Å². The van der Waals surface area contributed by atoms with Crippen LogP contribution in [0.5, 0.6) is 0 Å². The number of benzene rings is 1. The molecule has 0 N–H and O–H groups in total. The lowest BCUT2D eigenvalue weighted by molar-refractivity contribution is 0.0830. The first-order chi connectivity index (χ1) is 18.2. The highest BCUT2D eigenvalue weighted by Gasteiger charge is 2.60. The highest BCUT2D eigenvalue weighted by molar-refractivity contribution is 6.76. The molecule has 4 bridgehead atoms. The van der Waals surface area contributed by atoms with E-state index in [-0.39, 0.29) is 23.2 Å². The van der Waals surface area contributed by atoms with Gasteiger partial charge >= 0.3 is 5.69 Å². The molecule has 1 aromatic carbocycles. The van der Waals surface area contributed by atoms with Crippen LogP contribution in [-0.2, 0) is 30.0 Å². The smallest absolute Gasteiger partial charge is 0.333 e. The molecular formula is C30H42N4O3Si. The Morgan fingerprint density at radius 1 is 1.00 bits per heavy atom. The molecule has 7 rings (SSSR count). The molecule has 0 spiro atoms. The second-order valence-electron chi connectivity index (χ2n) is 13.4. The molecule has 2 atom stereocenters. The van der Waals surface area contributed by atoms with Crippen molar-refractivity contribution in [2.45, 2.75) is 96.4 Å². The lowest BCUT2D eigenvalue weighted by atomic mass is 9.75. The third-order valence-corrected chi connectivity index (χ3v) is 11.1. The Hall–Kier alpha value is -2.45. The summed E-state index contributed by atoms with van der Waals surface area (Å²) in [5.74, 6) is 3.16. The summed E-state index contributed by atoms with van der Waals surface area (Å²) in [5, 5.41) is 0. The molecule has 38 heavy (non-hydrogen) atoms. The van der Waals surface area contributed by atoms with Crippen molar-refractivity contribution in [3.8, 4) is 0 Å². The summed E-state index contributed by atoms with van der Waals surface area (Å²) >= 11 is 0.